The predicted octanol–water partition coefficient (Wildman–Crippen LogP) is 2.38. The van der Waals surface area contributed by atoms with Crippen LogP contribution in [0.4, 0.5) is 11.5 Å². The summed E-state index contributed by atoms with van der Waals surface area (Å²) >= 11 is 1.58. The minimum Gasteiger partial charge on any atom is -0.353 e. The van der Waals surface area contributed by atoms with Gasteiger partial charge >= 0.3 is 0 Å². The molecule has 1 atom stereocenters. The van der Waals surface area contributed by atoms with Crippen molar-refractivity contribution in [1.29, 1.82) is 0 Å². The van der Waals surface area contributed by atoms with Crippen molar-refractivity contribution in [2.24, 2.45) is 0 Å². The molecule has 0 radical (unpaired) electrons. The van der Waals surface area contributed by atoms with Gasteiger partial charge in [-0.15, -0.1) is 11.3 Å². The summed E-state index contributed by atoms with van der Waals surface area (Å²) in [6, 6.07) is 3.60. The van der Waals surface area contributed by atoms with Crippen molar-refractivity contribution in [3.8, 4) is 0 Å². The lowest BCUT2D eigenvalue weighted by Gasteiger charge is -2.24. The third kappa shape index (κ3) is 1.60. The number of amides is 1. The van der Waals surface area contributed by atoms with Crippen molar-refractivity contribution in [3.05, 3.63) is 28.1 Å². The predicted molar refractivity (Wildman–Crippen MR) is 72.0 cm³/mol. The summed E-state index contributed by atoms with van der Waals surface area (Å²) in [5.74, 6) is 0.872. The van der Waals surface area contributed by atoms with Crippen LogP contribution in [0.2, 0.25) is 0 Å². The third-order valence-electron chi connectivity index (χ3n) is 3.05. The van der Waals surface area contributed by atoms with Gasteiger partial charge in [-0.3, -0.25) is 4.79 Å². The van der Waals surface area contributed by atoms with Crippen LogP contribution in [0.25, 0.3) is 0 Å². The van der Waals surface area contributed by atoms with E-state index < -0.39 is 0 Å². The maximum Gasteiger partial charge on any atom is 0.252 e. The summed E-state index contributed by atoms with van der Waals surface area (Å²) < 4.78 is 1.88. The molecule has 0 aliphatic carbocycles. The van der Waals surface area contributed by atoms with E-state index in [1.807, 2.05) is 36.0 Å². The lowest BCUT2D eigenvalue weighted by Crippen LogP contribution is -2.32. The first kappa shape index (κ1) is 11.3. The van der Waals surface area contributed by atoms with Gasteiger partial charge in [0.2, 0.25) is 0 Å². The van der Waals surface area contributed by atoms with E-state index in [1.165, 1.54) is 0 Å². The first-order chi connectivity index (χ1) is 8.70. The number of aromatic nitrogens is 2. The lowest BCUT2D eigenvalue weighted by molar-refractivity contribution is -0.117. The average Bonchev–Trinajstić information content (AvgIpc) is 2.97. The second kappa shape index (κ2) is 4.13. The van der Waals surface area contributed by atoms with E-state index >= 15 is 0 Å². The van der Waals surface area contributed by atoms with Crippen molar-refractivity contribution in [1.82, 2.24) is 9.78 Å². The number of nitrogens with zero attached hydrogens (tertiary/aromatic N) is 2. The number of hydrogen-bond donors (Lipinski definition) is 2. The number of thiophene rings is 1. The summed E-state index contributed by atoms with van der Waals surface area (Å²) in [5, 5.41) is 12.6. The van der Waals surface area contributed by atoms with Crippen molar-refractivity contribution >= 4 is 28.7 Å². The standard InChI is InChI=1S/C12H14N4OS/c1-3-16-11-9(7(2)15-16)14-12(17)10(13-11)8-5-4-6-18-8/h4-6,10,13H,3H2,1-2H3,(H,14,17). The normalized spacial score (nSPS) is 18.1. The van der Waals surface area contributed by atoms with Crippen LogP contribution in [0.1, 0.15) is 23.5 Å². The largest absolute Gasteiger partial charge is 0.353 e. The molecule has 94 valence electrons. The van der Waals surface area contributed by atoms with E-state index in [9.17, 15) is 4.79 Å². The molecular weight excluding hydrogens is 248 g/mol. The number of carbonyl (C=O) groups is 1. The smallest absolute Gasteiger partial charge is 0.252 e. The van der Waals surface area contributed by atoms with Crippen LogP contribution in [0.3, 0.4) is 0 Å². The first-order valence-electron chi connectivity index (χ1n) is 5.89. The molecule has 0 saturated heterocycles. The molecule has 5 nitrogen and oxygen atoms in total. The Kier molecular flexibility index (Phi) is 2.59. The van der Waals surface area contributed by atoms with Gasteiger partial charge in [0.15, 0.2) is 0 Å². The van der Waals surface area contributed by atoms with Gasteiger partial charge in [0.05, 0.1) is 5.69 Å². The molecule has 1 aliphatic rings. The Morgan fingerprint density at radius 3 is 3.06 bits per heavy atom. The minimum atomic E-state index is -0.320. The fourth-order valence-electron chi connectivity index (χ4n) is 2.16. The van der Waals surface area contributed by atoms with Crippen molar-refractivity contribution in [3.63, 3.8) is 0 Å². The Morgan fingerprint density at radius 2 is 2.39 bits per heavy atom. The summed E-state index contributed by atoms with van der Waals surface area (Å²) in [7, 11) is 0. The summed E-state index contributed by atoms with van der Waals surface area (Å²) in [4.78, 5) is 13.1. The number of hydrogen-bond acceptors (Lipinski definition) is 4. The second-order valence-corrected chi connectivity index (χ2v) is 5.19. The fraction of sp³-hybridized carbons (Fsp3) is 0.333. The monoisotopic (exact) mass is 262 g/mol. The molecule has 0 bridgehead atoms. The van der Waals surface area contributed by atoms with E-state index in [1.54, 1.807) is 11.3 Å². The minimum absolute atomic E-state index is 0.0243. The molecule has 3 rings (SSSR count). The van der Waals surface area contributed by atoms with E-state index in [-0.39, 0.29) is 11.9 Å². The molecule has 18 heavy (non-hydrogen) atoms. The van der Waals surface area contributed by atoms with Crippen LogP contribution in [-0.4, -0.2) is 15.7 Å². The molecule has 1 amide bonds. The Balaban J connectivity index is 2.02. The lowest BCUT2D eigenvalue weighted by atomic mass is 10.1. The number of carbonyl (C=O) groups excluding carboxylic acids is 1. The molecule has 0 fully saturated rings. The molecule has 2 aromatic rings. The van der Waals surface area contributed by atoms with E-state index in [4.69, 9.17) is 0 Å². The van der Waals surface area contributed by atoms with Gasteiger partial charge in [0.25, 0.3) is 5.91 Å². The molecule has 1 aliphatic heterocycles. The second-order valence-electron chi connectivity index (χ2n) is 4.21. The van der Waals surface area contributed by atoms with E-state index in [2.05, 4.69) is 15.7 Å². The van der Waals surface area contributed by atoms with Gasteiger partial charge in [-0.1, -0.05) is 6.07 Å². The molecule has 2 N–H and O–H groups in total. The summed E-state index contributed by atoms with van der Waals surface area (Å²) in [6.45, 7) is 4.71. The topological polar surface area (TPSA) is 59.0 Å². The number of fused-ring (bicyclic) bond motifs is 1. The van der Waals surface area contributed by atoms with Crippen LogP contribution in [-0.2, 0) is 11.3 Å². The number of aryl methyl sites for hydroxylation is 2. The van der Waals surface area contributed by atoms with E-state index in [0.717, 1.165) is 28.6 Å². The highest BCUT2D eigenvalue weighted by molar-refractivity contribution is 7.10. The zero-order chi connectivity index (χ0) is 12.7. The first-order valence-corrected chi connectivity index (χ1v) is 6.77. The Labute approximate surface area is 109 Å². The molecule has 0 saturated carbocycles. The van der Waals surface area contributed by atoms with Crippen LogP contribution < -0.4 is 10.6 Å². The number of rotatable bonds is 2. The highest BCUT2D eigenvalue weighted by Crippen LogP contribution is 2.35. The van der Waals surface area contributed by atoms with Crippen molar-refractivity contribution in [2.75, 3.05) is 10.6 Å². The van der Waals surface area contributed by atoms with Crippen LogP contribution in [0.15, 0.2) is 17.5 Å². The molecule has 0 spiro atoms. The highest BCUT2D eigenvalue weighted by Gasteiger charge is 2.31. The molecule has 0 aromatic carbocycles. The maximum absolute atomic E-state index is 12.1. The van der Waals surface area contributed by atoms with Crippen LogP contribution >= 0.6 is 11.3 Å². The number of anilines is 2. The zero-order valence-corrected chi connectivity index (χ0v) is 11.0. The van der Waals surface area contributed by atoms with Crippen LogP contribution in [0.5, 0.6) is 0 Å². The Hall–Kier alpha value is -1.82. The maximum atomic E-state index is 12.1. The Bertz CT molecular complexity index is 587. The summed E-state index contributed by atoms with van der Waals surface area (Å²) in [5.41, 5.74) is 1.65. The number of nitrogens with one attached hydrogen (secondary N) is 2. The van der Waals surface area contributed by atoms with Crippen molar-refractivity contribution < 1.29 is 4.79 Å². The van der Waals surface area contributed by atoms with Gasteiger partial charge in [0.1, 0.15) is 17.5 Å². The molecule has 3 heterocycles. The van der Waals surface area contributed by atoms with Gasteiger partial charge in [-0.2, -0.15) is 5.10 Å². The zero-order valence-electron chi connectivity index (χ0n) is 10.2. The fourth-order valence-corrected chi connectivity index (χ4v) is 2.93. The summed E-state index contributed by atoms with van der Waals surface area (Å²) in [6.07, 6.45) is 0. The van der Waals surface area contributed by atoms with Gasteiger partial charge in [-0.05, 0) is 25.3 Å². The quantitative estimate of drug-likeness (QED) is 0.873. The molecule has 1 unspecified atom stereocenters. The van der Waals surface area contributed by atoms with Gasteiger partial charge < -0.3 is 10.6 Å². The average molecular weight is 262 g/mol. The van der Waals surface area contributed by atoms with Crippen molar-refractivity contribution in [2.45, 2.75) is 26.4 Å². The van der Waals surface area contributed by atoms with Gasteiger partial charge in [-0.25, -0.2) is 4.68 Å². The molecule has 6 heteroatoms. The highest BCUT2D eigenvalue weighted by atomic mass is 32.1. The molecule has 2 aromatic heterocycles. The van der Waals surface area contributed by atoms with E-state index in [0.29, 0.717) is 0 Å². The Morgan fingerprint density at radius 1 is 1.56 bits per heavy atom. The van der Waals surface area contributed by atoms with Crippen LogP contribution in [0, 0.1) is 6.92 Å². The SMILES string of the molecule is CCn1nc(C)c2c1NC(c1cccs1)C(=O)N2. The molecular formula is C12H14N4OS. The van der Waals surface area contributed by atoms with Gasteiger partial charge in [0, 0.05) is 11.4 Å². The third-order valence-corrected chi connectivity index (χ3v) is 3.98.